The molecule has 0 fully saturated rings. The van der Waals surface area contributed by atoms with Gasteiger partial charge in [0.15, 0.2) is 9.04 Å². The predicted octanol–water partition coefficient (Wildman–Crippen LogP) is 1.52. The predicted molar refractivity (Wildman–Crippen MR) is 39.6 cm³/mol. The van der Waals surface area contributed by atoms with Crippen LogP contribution >= 0.6 is 0 Å². The van der Waals surface area contributed by atoms with Gasteiger partial charge < -0.3 is 4.80 Å². The molecule has 8 heavy (non-hydrogen) atoms. The maximum atomic E-state index is 8.92. The molecule has 1 atom stereocenters. The topological polar surface area (TPSA) is 20.2 Å². The summed E-state index contributed by atoms with van der Waals surface area (Å²) in [7, 11) is -1.20. The average Bonchev–Trinajstić information content (AvgIpc) is 1.66. The van der Waals surface area contributed by atoms with Gasteiger partial charge in [-0.05, 0) is 12.6 Å². The Labute approximate surface area is 53.5 Å². The van der Waals surface area contributed by atoms with Crippen LogP contribution in [0.4, 0.5) is 0 Å². The van der Waals surface area contributed by atoms with Crippen molar-refractivity contribution in [3.05, 3.63) is 0 Å². The quantitative estimate of drug-likeness (QED) is 0.454. The molecule has 0 aromatic heterocycles. The summed E-state index contributed by atoms with van der Waals surface area (Å²) in [6, 6.07) is 1.10. The summed E-state index contributed by atoms with van der Waals surface area (Å²) in [5.41, 5.74) is 0. The van der Waals surface area contributed by atoms with E-state index in [0.29, 0.717) is 0 Å². The number of rotatable bonds is 4. The first-order chi connectivity index (χ1) is 3.77. The van der Waals surface area contributed by atoms with E-state index >= 15 is 0 Å². The molecule has 0 aliphatic carbocycles. The maximum absolute atomic E-state index is 8.92. The van der Waals surface area contributed by atoms with Crippen molar-refractivity contribution in [2.45, 2.75) is 38.8 Å². The minimum Gasteiger partial charge on any atom is -0.435 e. The fourth-order valence-corrected chi connectivity index (χ4v) is 1.57. The first-order valence-corrected chi connectivity index (χ1v) is 5.94. The lowest BCUT2D eigenvalue weighted by Gasteiger charge is -1.97. The van der Waals surface area contributed by atoms with Gasteiger partial charge in [-0.1, -0.05) is 26.2 Å². The lowest BCUT2D eigenvalue weighted by Crippen LogP contribution is -2.03. The SMILES string of the molecule is CCCCC[SiH](C)O. The van der Waals surface area contributed by atoms with Crippen LogP contribution in [0.5, 0.6) is 0 Å². The monoisotopic (exact) mass is 132 g/mol. The van der Waals surface area contributed by atoms with Crippen LogP contribution in [-0.2, 0) is 0 Å². The molecule has 0 bridgehead atoms. The molecule has 0 spiro atoms. The van der Waals surface area contributed by atoms with E-state index in [1.165, 1.54) is 19.3 Å². The summed E-state index contributed by atoms with van der Waals surface area (Å²) >= 11 is 0. The molecule has 0 heterocycles. The normalized spacial score (nSPS) is 13.9. The highest BCUT2D eigenvalue weighted by molar-refractivity contribution is 6.48. The third-order valence-corrected chi connectivity index (χ3v) is 2.47. The second kappa shape index (κ2) is 5.32. The van der Waals surface area contributed by atoms with Crippen molar-refractivity contribution in [2.75, 3.05) is 0 Å². The molecular formula is C6H16OSi. The Kier molecular flexibility index (Phi) is 5.43. The average molecular weight is 132 g/mol. The van der Waals surface area contributed by atoms with E-state index in [-0.39, 0.29) is 0 Å². The van der Waals surface area contributed by atoms with Crippen molar-refractivity contribution < 1.29 is 4.80 Å². The molecule has 0 aliphatic heterocycles. The van der Waals surface area contributed by atoms with E-state index < -0.39 is 9.04 Å². The number of hydrogen-bond donors (Lipinski definition) is 1. The van der Waals surface area contributed by atoms with Crippen LogP contribution in [0.2, 0.25) is 12.6 Å². The second-order valence-corrected chi connectivity index (χ2v) is 4.62. The van der Waals surface area contributed by atoms with E-state index in [4.69, 9.17) is 4.80 Å². The molecule has 1 unspecified atom stereocenters. The molecule has 0 radical (unpaired) electrons. The van der Waals surface area contributed by atoms with Gasteiger partial charge in [0.1, 0.15) is 0 Å². The lowest BCUT2D eigenvalue weighted by molar-refractivity contribution is 0.568. The standard InChI is InChI=1S/C6H16OSi/c1-3-4-5-6-8(2)7/h7-8H,3-6H2,1-2H3. The van der Waals surface area contributed by atoms with Crippen molar-refractivity contribution in [2.24, 2.45) is 0 Å². The third kappa shape index (κ3) is 6.18. The van der Waals surface area contributed by atoms with Crippen molar-refractivity contribution >= 4 is 9.04 Å². The zero-order valence-corrected chi connectivity index (χ0v) is 7.01. The van der Waals surface area contributed by atoms with E-state index in [1.54, 1.807) is 0 Å². The zero-order valence-electron chi connectivity index (χ0n) is 5.85. The molecular weight excluding hydrogens is 116 g/mol. The zero-order chi connectivity index (χ0) is 6.41. The van der Waals surface area contributed by atoms with Gasteiger partial charge in [0.2, 0.25) is 0 Å². The van der Waals surface area contributed by atoms with E-state index in [1.807, 2.05) is 6.55 Å². The maximum Gasteiger partial charge on any atom is 0.169 e. The Hall–Kier alpha value is 0.177. The van der Waals surface area contributed by atoms with Crippen molar-refractivity contribution in [1.82, 2.24) is 0 Å². The summed E-state index contributed by atoms with van der Waals surface area (Å²) in [5, 5.41) is 0. The summed E-state index contributed by atoms with van der Waals surface area (Å²) in [6.45, 7) is 4.17. The van der Waals surface area contributed by atoms with E-state index in [2.05, 4.69) is 6.92 Å². The van der Waals surface area contributed by atoms with Gasteiger partial charge in [-0.3, -0.25) is 0 Å². The van der Waals surface area contributed by atoms with Crippen LogP contribution in [0, 0.1) is 0 Å². The number of unbranched alkanes of at least 4 members (excludes halogenated alkanes) is 2. The minimum atomic E-state index is -1.20. The Morgan fingerprint density at radius 2 is 2.00 bits per heavy atom. The third-order valence-electron chi connectivity index (χ3n) is 1.23. The first kappa shape index (κ1) is 8.18. The van der Waals surface area contributed by atoms with Gasteiger partial charge in [0.25, 0.3) is 0 Å². The minimum absolute atomic E-state index is 1.10. The van der Waals surface area contributed by atoms with Crippen LogP contribution in [0.3, 0.4) is 0 Å². The summed E-state index contributed by atoms with van der Waals surface area (Å²) in [6.07, 6.45) is 3.79. The molecule has 0 saturated heterocycles. The van der Waals surface area contributed by atoms with Crippen LogP contribution < -0.4 is 0 Å². The van der Waals surface area contributed by atoms with Gasteiger partial charge in [-0.2, -0.15) is 0 Å². The van der Waals surface area contributed by atoms with Crippen molar-refractivity contribution in [1.29, 1.82) is 0 Å². The summed E-state index contributed by atoms with van der Waals surface area (Å²) < 4.78 is 0. The fourth-order valence-electron chi connectivity index (χ4n) is 0.690. The molecule has 0 aliphatic rings. The van der Waals surface area contributed by atoms with E-state index in [0.717, 1.165) is 6.04 Å². The second-order valence-electron chi connectivity index (χ2n) is 2.34. The number of hydrogen-bond acceptors (Lipinski definition) is 1. The van der Waals surface area contributed by atoms with Crippen molar-refractivity contribution in [3.8, 4) is 0 Å². The van der Waals surface area contributed by atoms with Gasteiger partial charge in [0, 0.05) is 0 Å². The highest BCUT2D eigenvalue weighted by Gasteiger charge is 1.95. The van der Waals surface area contributed by atoms with Crippen LogP contribution in [0.15, 0.2) is 0 Å². The molecule has 1 N–H and O–H groups in total. The fraction of sp³-hybridized carbons (Fsp3) is 1.00. The van der Waals surface area contributed by atoms with Gasteiger partial charge >= 0.3 is 0 Å². The van der Waals surface area contributed by atoms with E-state index in [9.17, 15) is 0 Å². The molecule has 0 aromatic rings. The molecule has 1 nitrogen and oxygen atoms in total. The molecule has 0 amide bonds. The Bertz CT molecular complexity index is 45.8. The summed E-state index contributed by atoms with van der Waals surface area (Å²) in [5.74, 6) is 0. The molecule has 0 saturated carbocycles. The molecule has 0 aromatic carbocycles. The Balaban J connectivity index is 2.72. The van der Waals surface area contributed by atoms with Crippen LogP contribution in [-0.4, -0.2) is 13.8 Å². The van der Waals surface area contributed by atoms with Crippen LogP contribution in [0.25, 0.3) is 0 Å². The first-order valence-electron chi connectivity index (χ1n) is 3.45. The van der Waals surface area contributed by atoms with Crippen LogP contribution in [0.1, 0.15) is 26.2 Å². The Morgan fingerprint density at radius 1 is 1.38 bits per heavy atom. The molecule has 0 rings (SSSR count). The summed E-state index contributed by atoms with van der Waals surface area (Å²) in [4.78, 5) is 8.92. The van der Waals surface area contributed by atoms with Gasteiger partial charge in [-0.25, -0.2) is 0 Å². The van der Waals surface area contributed by atoms with Crippen molar-refractivity contribution in [3.63, 3.8) is 0 Å². The molecule has 2 heteroatoms. The smallest absolute Gasteiger partial charge is 0.169 e. The Morgan fingerprint density at radius 3 is 2.38 bits per heavy atom. The highest BCUT2D eigenvalue weighted by Crippen LogP contribution is 2.00. The lowest BCUT2D eigenvalue weighted by atomic mass is 10.3. The largest absolute Gasteiger partial charge is 0.435 e. The highest BCUT2D eigenvalue weighted by atomic mass is 28.3. The molecule has 50 valence electrons. The van der Waals surface area contributed by atoms with Gasteiger partial charge in [-0.15, -0.1) is 0 Å². The van der Waals surface area contributed by atoms with Gasteiger partial charge in [0.05, 0.1) is 0 Å².